The summed E-state index contributed by atoms with van der Waals surface area (Å²) in [5.74, 6) is 0. The van der Waals surface area contributed by atoms with Crippen molar-refractivity contribution in [1.82, 2.24) is 0 Å². The predicted molar refractivity (Wildman–Crippen MR) is 107 cm³/mol. The van der Waals surface area contributed by atoms with Gasteiger partial charge >= 0.3 is 0 Å². The molecule has 4 nitrogen and oxygen atoms in total. The first-order valence-electron chi connectivity index (χ1n) is 10.6. The molecule has 2 N–H and O–H groups in total. The van der Waals surface area contributed by atoms with Crippen LogP contribution in [0.3, 0.4) is 0 Å². The third-order valence-electron chi connectivity index (χ3n) is 4.99. The molecule has 0 radical (unpaired) electrons. The molecule has 0 aliphatic heterocycles. The number of unbranched alkanes of at least 4 members (excludes halogenated alkanes) is 9. The molecule has 0 aromatic rings. The van der Waals surface area contributed by atoms with Gasteiger partial charge in [-0.1, -0.05) is 90.9 Å². The van der Waals surface area contributed by atoms with E-state index in [1.54, 1.807) is 0 Å². The minimum atomic E-state index is -3.89. The summed E-state index contributed by atoms with van der Waals surface area (Å²) in [5.41, 5.74) is 0. The van der Waals surface area contributed by atoms with Crippen LogP contribution < -0.4 is 0 Å². The minimum absolute atomic E-state index is 0.153. The Balaban J connectivity index is 3.50. The number of hydrogen-bond acceptors (Lipinski definition) is 3. The molecule has 0 aromatic heterocycles. The molecule has 152 valence electrons. The highest BCUT2D eigenvalue weighted by molar-refractivity contribution is 7.86. The van der Waals surface area contributed by atoms with Gasteiger partial charge in [-0.3, -0.25) is 4.55 Å². The van der Waals surface area contributed by atoms with E-state index in [2.05, 4.69) is 6.92 Å². The summed E-state index contributed by atoms with van der Waals surface area (Å²) in [6, 6.07) is 0. The maximum absolute atomic E-state index is 11.3. The van der Waals surface area contributed by atoms with Gasteiger partial charge in [0.2, 0.25) is 0 Å². The summed E-state index contributed by atoms with van der Waals surface area (Å²) in [6.07, 6.45) is 16.2. The van der Waals surface area contributed by atoms with Gasteiger partial charge in [0, 0.05) is 0 Å². The van der Waals surface area contributed by atoms with Gasteiger partial charge in [0.15, 0.2) is 0 Å². The maximum atomic E-state index is 11.3. The van der Waals surface area contributed by atoms with Crippen LogP contribution in [0, 0.1) is 0 Å². The first kappa shape index (κ1) is 24.9. The first-order valence-corrected chi connectivity index (χ1v) is 12.1. The van der Waals surface area contributed by atoms with Gasteiger partial charge in [-0.05, 0) is 25.7 Å². The molecule has 2 unspecified atom stereocenters. The molecule has 0 heterocycles. The number of aliphatic hydroxyl groups excluding tert-OH is 1. The molecule has 0 saturated heterocycles. The SMILES string of the molecule is CCCCCCCCC(O)CCCCCCCC(CCC)S(=O)(=O)O. The molecule has 0 aliphatic carbocycles. The van der Waals surface area contributed by atoms with Crippen molar-refractivity contribution in [2.45, 2.75) is 128 Å². The van der Waals surface area contributed by atoms with Crippen LogP contribution in [0.1, 0.15) is 117 Å². The lowest BCUT2D eigenvalue weighted by molar-refractivity contribution is 0.147. The van der Waals surface area contributed by atoms with Crippen molar-refractivity contribution in [3.63, 3.8) is 0 Å². The first-order chi connectivity index (χ1) is 11.9. The van der Waals surface area contributed by atoms with Crippen LogP contribution in [0.15, 0.2) is 0 Å². The van der Waals surface area contributed by atoms with Crippen molar-refractivity contribution < 1.29 is 18.1 Å². The second-order valence-electron chi connectivity index (χ2n) is 7.48. The molecule has 0 aromatic carbocycles. The average molecular weight is 379 g/mol. The maximum Gasteiger partial charge on any atom is 0.267 e. The molecule has 0 fully saturated rings. The Morgan fingerprint density at radius 3 is 1.52 bits per heavy atom. The van der Waals surface area contributed by atoms with Crippen molar-refractivity contribution in [1.29, 1.82) is 0 Å². The third-order valence-corrected chi connectivity index (χ3v) is 6.30. The molecular formula is C20H42O4S. The van der Waals surface area contributed by atoms with Crippen LogP contribution in [0.2, 0.25) is 0 Å². The zero-order valence-electron chi connectivity index (χ0n) is 16.6. The van der Waals surface area contributed by atoms with E-state index in [0.717, 1.165) is 57.8 Å². The van der Waals surface area contributed by atoms with Crippen molar-refractivity contribution in [3.05, 3.63) is 0 Å². The summed E-state index contributed by atoms with van der Waals surface area (Å²) in [6.45, 7) is 4.16. The molecule has 0 rings (SSSR count). The van der Waals surface area contributed by atoms with Gasteiger partial charge in [0.05, 0.1) is 11.4 Å². The molecule has 5 heteroatoms. The topological polar surface area (TPSA) is 74.6 Å². The van der Waals surface area contributed by atoms with Crippen LogP contribution in [0.5, 0.6) is 0 Å². The number of hydrogen-bond donors (Lipinski definition) is 2. The number of rotatable bonds is 18. The molecule has 0 saturated carbocycles. The van der Waals surface area contributed by atoms with E-state index < -0.39 is 15.4 Å². The molecule has 2 atom stereocenters. The lowest BCUT2D eigenvalue weighted by atomic mass is 10.0. The smallest absolute Gasteiger partial charge is 0.267 e. The Hall–Kier alpha value is -0.130. The van der Waals surface area contributed by atoms with Crippen molar-refractivity contribution in [2.24, 2.45) is 0 Å². The normalized spacial score (nSPS) is 14.6. The van der Waals surface area contributed by atoms with E-state index in [9.17, 15) is 18.1 Å². The van der Waals surface area contributed by atoms with E-state index in [4.69, 9.17) is 0 Å². The highest BCUT2D eigenvalue weighted by atomic mass is 32.2. The summed E-state index contributed by atoms with van der Waals surface area (Å²) in [4.78, 5) is 0. The fourth-order valence-electron chi connectivity index (χ4n) is 3.35. The highest BCUT2D eigenvalue weighted by Gasteiger charge is 2.21. The highest BCUT2D eigenvalue weighted by Crippen LogP contribution is 2.17. The molecule has 25 heavy (non-hydrogen) atoms. The van der Waals surface area contributed by atoms with Gasteiger partial charge in [0.25, 0.3) is 10.1 Å². The van der Waals surface area contributed by atoms with Gasteiger partial charge in [-0.15, -0.1) is 0 Å². The van der Waals surface area contributed by atoms with Gasteiger partial charge < -0.3 is 5.11 Å². The summed E-state index contributed by atoms with van der Waals surface area (Å²) >= 11 is 0. The van der Waals surface area contributed by atoms with Gasteiger partial charge in [-0.2, -0.15) is 8.42 Å². The van der Waals surface area contributed by atoms with Crippen LogP contribution >= 0.6 is 0 Å². The molecule has 0 spiro atoms. The fourth-order valence-corrected chi connectivity index (χ4v) is 4.35. The monoisotopic (exact) mass is 378 g/mol. The Kier molecular flexibility index (Phi) is 16.0. The fraction of sp³-hybridized carbons (Fsp3) is 1.00. The van der Waals surface area contributed by atoms with Crippen molar-refractivity contribution >= 4 is 10.1 Å². The summed E-state index contributed by atoms with van der Waals surface area (Å²) in [5, 5.41) is 9.40. The second kappa shape index (κ2) is 16.1. The zero-order valence-corrected chi connectivity index (χ0v) is 17.4. The zero-order chi connectivity index (χ0) is 19.0. The minimum Gasteiger partial charge on any atom is -0.393 e. The lowest BCUT2D eigenvalue weighted by Crippen LogP contribution is -2.20. The van der Waals surface area contributed by atoms with E-state index in [-0.39, 0.29) is 6.10 Å². The van der Waals surface area contributed by atoms with E-state index in [1.165, 1.54) is 32.1 Å². The van der Waals surface area contributed by atoms with Crippen LogP contribution in [0.25, 0.3) is 0 Å². The Labute approximate surface area is 156 Å². The average Bonchev–Trinajstić information content (AvgIpc) is 2.55. The standard InChI is InChI=1S/C20H42O4S/c1-3-5-6-7-9-12-16-19(21)17-13-10-8-11-14-18-20(15-4-2)25(22,23)24/h19-21H,3-18H2,1-2H3,(H,22,23,24). The van der Waals surface area contributed by atoms with Crippen LogP contribution in [0.4, 0.5) is 0 Å². The summed E-state index contributed by atoms with van der Waals surface area (Å²) < 4.78 is 31.7. The Bertz CT molecular complexity index is 381. The van der Waals surface area contributed by atoms with Crippen LogP contribution in [-0.4, -0.2) is 29.4 Å². The molecule has 0 bridgehead atoms. The van der Waals surface area contributed by atoms with Crippen molar-refractivity contribution in [3.8, 4) is 0 Å². The van der Waals surface area contributed by atoms with Gasteiger partial charge in [0.1, 0.15) is 0 Å². The van der Waals surface area contributed by atoms with E-state index in [0.29, 0.717) is 12.8 Å². The lowest BCUT2D eigenvalue weighted by Gasteiger charge is -2.13. The quantitative estimate of drug-likeness (QED) is 0.230. The molecular weight excluding hydrogens is 336 g/mol. The molecule has 0 amide bonds. The Morgan fingerprint density at radius 2 is 1.08 bits per heavy atom. The van der Waals surface area contributed by atoms with E-state index >= 15 is 0 Å². The largest absolute Gasteiger partial charge is 0.393 e. The second-order valence-corrected chi connectivity index (χ2v) is 9.18. The Morgan fingerprint density at radius 1 is 0.640 bits per heavy atom. The number of aliphatic hydroxyl groups is 1. The molecule has 0 aliphatic rings. The third kappa shape index (κ3) is 15.8. The van der Waals surface area contributed by atoms with E-state index in [1.807, 2.05) is 6.92 Å². The van der Waals surface area contributed by atoms with Gasteiger partial charge in [-0.25, -0.2) is 0 Å². The summed E-state index contributed by atoms with van der Waals surface area (Å²) in [7, 11) is -3.89. The van der Waals surface area contributed by atoms with Crippen molar-refractivity contribution in [2.75, 3.05) is 0 Å². The van der Waals surface area contributed by atoms with Crippen LogP contribution in [-0.2, 0) is 10.1 Å². The predicted octanol–water partition coefficient (Wildman–Crippen LogP) is 5.89.